The molecule has 1 aromatic carbocycles. The minimum absolute atomic E-state index is 0. The van der Waals surface area contributed by atoms with Crippen LogP contribution in [0.5, 0.6) is 5.75 Å². The first-order valence-corrected chi connectivity index (χ1v) is 10.6. The molecule has 1 atom stereocenters. The van der Waals surface area contributed by atoms with Gasteiger partial charge in [-0.2, -0.15) is 0 Å². The number of rotatable bonds is 7. The van der Waals surface area contributed by atoms with Gasteiger partial charge >= 0.3 is 57.4 Å². The van der Waals surface area contributed by atoms with Crippen LogP contribution in [0.4, 0.5) is 0 Å². The summed E-state index contributed by atoms with van der Waals surface area (Å²) in [4.78, 5) is 22.5. The standard InChI is InChI=1S/C16H23NO5Si.K/c1-11(10-14(18)21-2)17-15(16(19)20)12-6-8-13(9-7-12)22-23(3,4)5;/h6-10,15,17H,1-5H3,(H,19,20);/q;+1/p-1/b11-10+;/t15-;/m1./s1. The van der Waals surface area contributed by atoms with Crippen molar-refractivity contribution in [1.82, 2.24) is 5.32 Å². The van der Waals surface area contributed by atoms with Gasteiger partial charge in [-0.15, -0.1) is 0 Å². The Balaban J connectivity index is 0.00000529. The van der Waals surface area contributed by atoms with E-state index in [0.717, 1.165) is 0 Å². The fourth-order valence-electron chi connectivity index (χ4n) is 1.87. The summed E-state index contributed by atoms with van der Waals surface area (Å²) in [5.41, 5.74) is 0.874. The molecule has 0 aliphatic heterocycles. The number of esters is 1. The number of allylic oxidation sites excluding steroid dienone is 1. The average molecular weight is 376 g/mol. The van der Waals surface area contributed by atoms with Gasteiger partial charge in [-0.1, -0.05) is 12.1 Å². The van der Waals surface area contributed by atoms with E-state index >= 15 is 0 Å². The number of hydrogen-bond donors (Lipinski definition) is 1. The number of carboxylic acid groups (broad SMARTS) is 1. The average Bonchev–Trinajstić information content (AvgIpc) is 2.43. The molecular formula is C16H22KNO5Si. The third kappa shape index (κ3) is 8.45. The van der Waals surface area contributed by atoms with Gasteiger partial charge in [0.15, 0.2) is 0 Å². The Bertz CT molecular complexity index is 595. The van der Waals surface area contributed by atoms with Crippen molar-refractivity contribution in [2.75, 3.05) is 7.11 Å². The molecule has 0 saturated heterocycles. The van der Waals surface area contributed by atoms with Crippen LogP contribution in [-0.4, -0.2) is 27.4 Å². The molecule has 0 bridgehead atoms. The Morgan fingerprint density at radius 1 is 1.21 bits per heavy atom. The second-order valence-electron chi connectivity index (χ2n) is 6.03. The van der Waals surface area contributed by atoms with Gasteiger partial charge in [0.2, 0.25) is 8.32 Å². The number of carbonyl (C=O) groups is 2. The van der Waals surface area contributed by atoms with E-state index in [1.165, 1.54) is 13.2 Å². The molecule has 126 valence electrons. The Hall–Kier alpha value is -0.647. The van der Waals surface area contributed by atoms with Crippen molar-refractivity contribution in [3.8, 4) is 5.75 Å². The van der Waals surface area contributed by atoms with Crippen molar-refractivity contribution in [2.45, 2.75) is 32.6 Å². The van der Waals surface area contributed by atoms with E-state index in [4.69, 9.17) is 4.43 Å². The molecule has 0 unspecified atom stereocenters. The summed E-state index contributed by atoms with van der Waals surface area (Å²) in [5, 5.41) is 14.1. The van der Waals surface area contributed by atoms with Crippen molar-refractivity contribution in [1.29, 1.82) is 0 Å². The first kappa shape index (κ1) is 23.4. The minimum atomic E-state index is -1.72. The van der Waals surface area contributed by atoms with Gasteiger partial charge in [0.05, 0.1) is 19.1 Å². The molecule has 0 heterocycles. The van der Waals surface area contributed by atoms with Crippen molar-refractivity contribution < 1.29 is 75.2 Å². The van der Waals surface area contributed by atoms with Crippen LogP contribution in [-0.2, 0) is 14.3 Å². The van der Waals surface area contributed by atoms with E-state index in [1.54, 1.807) is 31.2 Å². The summed E-state index contributed by atoms with van der Waals surface area (Å²) in [5.74, 6) is -1.15. The van der Waals surface area contributed by atoms with Crippen molar-refractivity contribution in [2.24, 2.45) is 0 Å². The summed E-state index contributed by atoms with van der Waals surface area (Å²) in [6.07, 6.45) is 1.18. The van der Waals surface area contributed by atoms with E-state index in [-0.39, 0.29) is 51.4 Å². The maximum absolute atomic E-state index is 11.4. The maximum Gasteiger partial charge on any atom is 1.00 e. The van der Waals surface area contributed by atoms with E-state index in [1.807, 2.05) is 0 Å². The predicted octanol–water partition coefficient (Wildman–Crippen LogP) is -1.64. The molecule has 1 N–H and O–H groups in total. The van der Waals surface area contributed by atoms with E-state index in [0.29, 0.717) is 17.0 Å². The SMILES string of the molecule is COC(=O)/C=C(\C)N[C@@H](C(=O)[O-])c1ccc(O[Si](C)(C)C)cc1.[K+]. The Morgan fingerprint density at radius 2 is 1.75 bits per heavy atom. The summed E-state index contributed by atoms with van der Waals surface area (Å²) in [6, 6.07) is 5.70. The van der Waals surface area contributed by atoms with Crippen LogP contribution < -0.4 is 66.2 Å². The molecule has 0 amide bonds. The largest absolute Gasteiger partial charge is 1.00 e. The number of nitrogens with one attached hydrogen (secondary N) is 1. The normalized spacial score (nSPS) is 12.6. The molecule has 0 aromatic heterocycles. The van der Waals surface area contributed by atoms with Crippen LogP contribution in [0.3, 0.4) is 0 Å². The van der Waals surface area contributed by atoms with E-state index < -0.39 is 26.3 Å². The van der Waals surface area contributed by atoms with Gasteiger partial charge in [-0.3, -0.25) is 0 Å². The Kier molecular flexibility index (Phi) is 10.1. The molecule has 1 aromatic rings. The summed E-state index contributed by atoms with van der Waals surface area (Å²) in [6.45, 7) is 7.77. The molecule has 0 aliphatic rings. The van der Waals surface area contributed by atoms with Gasteiger partial charge in [-0.05, 0) is 44.3 Å². The van der Waals surface area contributed by atoms with Crippen LogP contribution in [0.15, 0.2) is 36.0 Å². The molecule has 0 aliphatic carbocycles. The summed E-state index contributed by atoms with van der Waals surface area (Å²) >= 11 is 0. The van der Waals surface area contributed by atoms with Crippen molar-refractivity contribution in [3.63, 3.8) is 0 Å². The monoisotopic (exact) mass is 375 g/mol. The van der Waals surface area contributed by atoms with E-state index in [2.05, 4.69) is 29.7 Å². The van der Waals surface area contributed by atoms with E-state index in [9.17, 15) is 14.7 Å². The molecule has 6 nitrogen and oxygen atoms in total. The van der Waals surface area contributed by atoms with Crippen LogP contribution in [0.2, 0.25) is 19.6 Å². The van der Waals surface area contributed by atoms with Gasteiger partial charge < -0.3 is 24.4 Å². The summed E-state index contributed by atoms with van der Waals surface area (Å²) in [7, 11) is -0.468. The number of hydrogen-bond acceptors (Lipinski definition) is 6. The maximum atomic E-state index is 11.4. The van der Waals surface area contributed by atoms with Crippen molar-refractivity contribution >= 4 is 20.3 Å². The van der Waals surface area contributed by atoms with Crippen LogP contribution in [0.1, 0.15) is 18.5 Å². The zero-order chi connectivity index (χ0) is 17.6. The Labute approximate surface area is 186 Å². The number of carboxylic acids is 1. The third-order valence-corrected chi connectivity index (χ3v) is 3.63. The molecule has 0 spiro atoms. The fourth-order valence-corrected chi connectivity index (χ4v) is 2.71. The smallest absolute Gasteiger partial charge is 0.548 e. The first-order chi connectivity index (χ1) is 10.6. The quantitative estimate of drug-likeness (QED) is 0.349. The molecule has 0 saturated carbocycles. The van der Waals surface area contributed by atoms with Crippen LogP contribution >= 0.6 is 0 Å². The van der Waals surface area contributed by atoms with Gasteiger partial charge in [0.1, 0.15) is 5.75 Å². The van der Waals surface area contributed by atoms with Gasteiger partial charge in [0.25, 0.3) is 0 Å². The number of carbonyl (C=O) groups excluding carboxylic acids is 2. The zero-order valence-electron chi connectivity index (χ0n) is 15.0. The number of ether oxygens (including phenoxy) is 1. The second kappa shape index (κ2) is 10.4. The summed E-state index contributed by atoms with van der Waals surface area (Å²) < 4.78 is 10.3. The van der Waals surface area contributed by atoms with Crippen LogP contribution in [0, 0.1) is 0 Å². The molecule has 0 fully saturated rings. The van der Waals surface area contributed by atoms with Crippen LogP contribution in [0.25, 0.3) is 0 Å². The van der Waals surface area contributed by atoms with Crippen molar-refractivity contribution in [3.05, 3.63) is 41.6 Å². The Morgan fingerprint density at radius 3 is 2.17 bits per heavy atom. The number of aliphatic carboxylic acids is 1. The number of benzene rings is 1. The predicted molar refractivity (Wildman–Crippen MR) is 87.1 cm³/mol. The van der Waals surface area contributed by atoms with Gasteiger partial charge in [-0.25, -0.2) is 4.79 Å². The fraction of sp³-hybridized carbons (Fsp3) is 0.375. The number of methoxy groups -OCH3 is 1. The minimum Gasteiger partial charge on any atom is -0.548 e. The molecule has 24 heavy (non-hydrogen) atoms. The zero-order valence-corrected chi connectivity index (χ0v) is 19.1. The molecule has 1 rings (SSSR count). The molecular weight excluding hydrogens is 353 g/mol. The topological polar surface area (TPSA) is 87.7 Å². The first-order valence-electron chi connectivity index (χ1n) is 7.15. The van der Waals surface area contributed by atoms with Gasteiger partial charge in [0, 0.05) is 11.8 Å². The molecule has 8 heteroatoms. The second-order valence-corrected chi connectivity index (χ2v) is 10.5. The third-order valence-electron chi connectivity index (χ3n) is 2.78. The molecule has 0 radical (unpaired) electrons.